The van der Waals surface area contributed by atoms with Gasteiger partial charge in [0.1, 0.15) is 5.82 Å². The topological polar surface area (TPSA) is 70.1 Å². The van der Waals surface area contributed by atoms with Gasteiger partial charge in [0.2, 0.25) is 0 Å². The molecule has 136 valence electrons. The number of likely N-dealkylation sites (tertiary alicyclic amines) is 1. The minimum Gasteiger partial charge on any atom is -0.338 e. The van der Waals surface area contributed by atoms with E-state index in [0.29, 0.717) is 18.3 Å². The summed E-state index contributed by atoms with van der Waals surface area (Å²) in [7, 11) is 4.19. The van der Waals surface area contributed by atoms with E-state index in [-0.39, 0.29) is 5.91 Å². The number of piperidine rings is 1. The van der Waals surface area contributed by atoms with Gasteiger partial charge in [0, 0.05) is 49.8 Å². The molecule has 1 atom stereocenters. The number of aryl methyl sites for hydroxylation is 2. The van der Waals surface area contributed by atoms with E-state index >= 15 is 0 Å². The highest BCUT2D eigenvalue weighted by Gasteiger charge is 2.29. The number of nitrogens with one attached hydrogen (secondary N) is 1. The third-order valence-corrected chi connectivity index (χ3v) is 4.73. The van der Waals surface area contributed by atoms with Crippen LogP contribution >= 0.6 is 0 Å². The van der Waals surface area contributed by atoms with E-state index in [1.165, 1.54) is 0 Å². The Morgan fingerprint density at radius 1 is 1.40 bits per heavy atom. The van der Waals surface area contributed by atoms with E-state index in [1.54, 1.807) is 6.20 Å². The van der Waals surface area contributed by atoms with E-state index < -0.39 is 0 Å². The van der Waals surface area contributed by atoms with Crippen molar-refractivity contribution in [2.45, 2.75) is 38.6 Å². The number of nitrogens with zero attached hydrogens (tertiary/aromatic N) is 5. The van der Waals surface area contributed by atoms with Crippen molar-refractivity contribution in [3.63, 3.8) is 0 Å². The summed E-state index contributed by atoms with van der Waals surface area (Å²) in [4.78, 5) is 28.6. The van der Waals surface area contributed by atoms with Crippen LogP contribution in [-0.4, -0.2) is 69.0 Å². The first-order valence-corrected chi connectivity index (χ1v) is 9.01. The lowest BCUT2D eigenvalue weighted by Crippen LogP contribution is -2.40. The summed E-state index contributed by atoms with van der Waals surface area (Å²) < 4.78 is 2.25. The van der Waals surface area contributed by atoms with E-state index in [2.05, 4.69) is 44.7 Å². The van der Waals surface area contributed by atoms with Crippen molar-refractivity contribution >= 4 is 5.91 Å². The fourth-order valence-electron chi connectivity index (χ4n) is 3.47. The van der Waals surface area contributed by atoms with Crippen LogP contribution in [0.15, 0.2) is 18.6 Å². The average molecular weight is 344 g/mol. The molecule has 3 heterocycles. The van der Waals surface area contributed by atoms with Gasteiger partial charge < -0.3 is 19.4 Å². The normalized spacial score (nSPS) is 18.1. The molecule has 0 radical (unpaired) electrons. The molecular formula is C18H28N6O. The smallest absolute Gasteiger partial charge is 0.289 e. The van der Waals surface area contributed by atoms with Gasteiger partial charge in [0.05, 0.1) is 0 Å². The Labute approximate surface area is 149 Å². The average Bonchev–Trinajstić information content (AvgIpc) is 3.23. The minimum atomic E-state index is -0.0106. The highest BCUT2D eigenvalue weighted by Crippen LogP contribution is 2.26. The van der Waals surface area contributed by atoms with E-state index in [0.717, 1.165) is 50.4 Å². The standard InChI is InChI=1S/C18H28N6O/c1-14-12-20-16(21-14)18(25)24-9-4-6-15(13-24)17-19-7-11-23(17)10-5-8-22(2)3/h7,11-12,15H,4-6,8-10,13H2,1-3H3,(H,20,21). The molecule has 3 rings (SSSR count). The molecule has 0 bridgehead atoms. The third kappa shape index (κ3) is 4.28. The summed E-state index contributed by atoms with van der Waals surface area (Å²) in [5.41, 5.74) is 0.911. The molecule has 1 N–H and O–H groups in total. The summed E-state index contributed by atoms with van der Waals surface area (Å²) in [5.74, 6) is 1.82. The molecule has 0 aromatic carbocycles. The first-order chi connectivity index (χ1) is 12.0. The minimum absolute atomic E-state index is 0.0106. The number of aromatic amines is 1. The molecule has 1 aliphatic heterocycles. The SMILES string of the molecule is Cc1cnc(C(=O)N2CCCC(c3nccn3CCCN(C)C)C2)[nH]1. The Balaban J connectivity index is 1.65. The van der Waals surface area contributed by atoms with Gasteiger partial charge >= 0.3 is 0 Å². The van der Waals surface area contributed by atoms with Gasteiger partial charge in [0.15, 0.2) is 5.82 Å². The first-order valence-electron chi connectivity index (χ1n) is 9.01. The lowest BCUT2D eigenvalue weighted by Gasteiger charge is -2.32. The van der Waals surface area contributed by atoms with E-state index in [1.807, 2.05) is 18.0 Å². The molecule has 25 heavy (non-hydrogen) atoms. The number of imidazole rings is 2. The van der Waals surface area contributed by atoms with Crippen LogP contribution in [0, 0.1) is 6.92 Å². The Morgan fingerprint density at radius 3 is 2.96 bits per heavy atom. The summed E-state index contributed by atoms with van der Waals surface area (Å²) in [6, 6.07) is 0. The monoisotopic (exact) mass is 344 g/mol. The highest BCUT2D eigenvalue weighted by atomic mass is 16.2. The van der Waals surface area contributed by atoms with Gasteiger partial charge in [-0.3, -0.25) is 4.79 Å². The molecule has 1 fully saturated rings. The van der Waals surface area contributed by atoms with Crippen LogP contribution in [0.4, 0.5) is 0 Å². The molecule has 1 saturated heterocycles. The molecule has 1 unspecified atom stereocenters. The van der Waals surface area contributed by atoms with Crippen LogP contribution in [0.2, 0.25) is 0 Å². The van der Waals surface area contributed by atoms with Crippen LogP contribution in [0.25, 0.3) is 0 Å². The van der Waals surface area contributed by atoms with Crippen molar-refractivity contribution in [3.8, 4) is 0 Å². The number of carbonyl (C=O) groups is 1. The van der Waals surface area contributed by atoms with E-state index in [4.69, 9.17) is 0 Å². The molecule has 7 nitrogen and oxygen atoms in total. The molecule has 0 saturated carbocycles. The summed E-state index contributed by atoms with van der Waals surface area (Å²) >= 11 is 0. The molecule has 0 spiro atoms. The molecule has 1 aliphatic rings. The van der Waals surface area contributed by atoms with Crippen LogP contribution < -0.4 is 0 Å². The Bertz CT molecular complexity index is 704. The summed E-state index contributed by atoms with van der Waals surface area (Å²) in [6.07, 6.45) is 8.80. The zero-order chi connectivity index (χ0) is 17.8. The van der Waals surface area contributed by atoms with Gasteiger partial charge in [-0.25, -0.2) is 9.97 Å². The molecule has 0 aliphatic carbocycles. The maximum atomic E-state index is 12.7. The first kappa shape index (κ1) is 17.7. The van der Waals surface area contributed by atoms with Crippen molar-refractivity contribution in [3.05, 3.63) is 35.9 Å². The predicted molar refractivity (Wildman–Crippen MR) is 96.6 cm³/mol. The maximum absolute atomic E-state index is 12.7. The number of hydrogen-bond donors (Lipinski definition) is 1. The zero-order valence-electron chi connectivity index (χ0n) is 15.4. The van der Waals surface area contributed by atoms with Crippen molar-refractivity contribution < 1.29 is 4.79 Å². The summed E-state index contributed by atoms with van der Waals surface area (Å²) in [5, 5.41) is 0. The second-order valence-electron chi connectivity index (χ2n) is 7.14. The number of aromatic nitrogens is 4. The van der Waals surface area contributed by atoms with Gasteiger partial charge in [-0.1, -0.05) is 0 Å². The van der Waals surface area contributed by atoms with Crippen LogP contribution in [0.5, 0.6) is 0 Å². The van der Waals surface area contributed by atoms with Crippen LogP contribution in [-0.2, 0) is 6.54 Å². The van der Waals surface area contributed by atoms with Gasteiger partial charge in [-0.15, -0.1) is 0 Å². The molecule has 1 amide bonds. The number of rotatable bonds is 6. The largest absolute Gasteiger partial charge is 0.338 e. The Hall–Kier alpha value is -2.15. The van der Waals surface area contributed by atoms with Gasteiger partial charge in [0.25, 0.3) is 5.91 Å². The predicted octanol–water partition coefficient (Wildman–Crippen LogP) is 1.89. The highest BCUT2D eigenvalue weighted by molar-refractivity contribution is 5.90. The van der Waals surface area contributed by atoms with Crippen molar-refractivity contribution in [1.29, 1.82) is 0 Å². The Morgan fingerprint density at radius 2 is 2.24 bits per heavy atom. The van der Waals surface area contributed by atoms with Gasteiger partial charge in [-0.05, 0) is 46.8 Å². The fraction of sp³-hybridized carbons (Fsp3) is 0.611. The van der Waals surface area contributed by atoms with Crippen molar-refractivity contribution in [1.82, 2.24) is 29.3 Å². The van der Waals surface area contributed by atoms with Crippen molar-refractivity contribution in [2.24, 2.45) is 0 Å². The third-order valence-electron chi connectivity index (χ3n) is 4.73. The number of hydrogen-bond acceptors (Lipinski definition) is 4. The van der Waals surface area contributed by atoms with E-state index in [9.17, 15) is 4.79 Å². The fourth-order valence-corrected chi connectivity index (χ4v) is 3.47. The summed E-state index contributed by atoms with van der Waals surface area (Å²) in [6.45, 7) is 5.44. The van der Waals surface area contributed by atoms with Crippen molar-refractivity contribution in [2.75, 3.05) is 33.7 Å². The maximum Gasteiger partial charge on any atom is 0.289 e. The zero-order valence-corrected chi connectivity index (χ0v) is 15.4. The molecule has 2 aromatic heterocycles. The second kappa shape index (κ2) is 7.82. The molecule has 2 aromatic rings. The lowest BCUT2D eigenvalue weighted by molar-refractivity contribution is 0.0691. The molecular weight excluding hydrogens is 316 g/mol. The second-order valence-corrected chi connectivity index (χ2v) is 7.14. The lowest BCUT2D eigenvalue weighted by atomic mass is 9.97. The number of carbonyl (C=O) groups excluding carboxylic acids is 1. The van der Waals surface area contributed by atoms with Crippen LogP contribution in [0.1, 0.15) is 47.3 Å². The number of H-pyrrole nitrogens is 1. The van der Waals surface area contributed by atoms with Gasteiger partial charge in [-0.2, -0.15) is 0 Å². The van der Waals surface area contributed by atoms with Crippen LogP contribution in [0.3, 0.4) is 0 Å². The molecule has 7 heteroatoms. The Kier molecular flexibility index (Phi) is 5.53. The quantitative estimate of drug-likeness (QED) is 0.869. The number of amides is 1.